The Morgan fingerprint density at radius 1 is 1.15 bits per heavy atom. The summed E-state index contributed by atoms with van der Waals surface area (Å²) in [6.07, 6.45) is -2.71. The molecule has 2 saturated heterocycles. The Hall–Kier alpha value is -2.09. The van der Waals surface area contributed by atoms with Crippen LogP contribution in [0.4, 0.5) is 13.2 Å². The number of hydrogen-bond donors (Lipinski definition) is 1. The van der Waals surface area contributed by atoms with Gasteiger partial charge in [-0.3, -0.25) is 9.59 Å². The van der Waals surface area contributed by atoms with Gasteiger partial charge in [-0.25, -0.2) is 0 Å². The summed E-state index contributed by atoms with van der Waals surface area (Å²) in [4.78, 5) is 28.1. The van der Waals surface area contributed by atoms with E-state index in [2.05, 4.69) is 0 Å². The highest BCUT2D eigenvalue weighted by molar-refractivity contribution is 5.94. The minimum absolute atomic E-state index is 0.180. The lowest BCUT2D eigenvalue weighted by Gasteiger charge is -2.51. The summed E-state index contributed by atoms with van der Waals surface area (Å²) in [7, 11) is 1.85. The second kappa shape index (κ2) is 6.57. The van der Waals surface area contributed by atoms with E-state index in [-0.39, 0.29) is 30.6 Å². The van der Waals surface area contributed by atoms with Gasteiger partial charge in [-0.1, -0.05) is 0 Å². The fourth-order valence-corrected chi connectivity index (χ4v) is 4.15. The molecule has 2 fully saturated rings. The minimum atomic E-state index is -4.45. The van der Waals surface area contributed by atoms with Crippen molar-refractivity contribution in [2.75, 3.05) is 26.7 Å². The molecule has 0 unspecified atom stereocenters. The monoisotopic (exact) mass is 370 g/mol. The molecule has 26 heavy (non-hydrogen) atoms. The van der Waals surface area contributed by atoms with E-state index in [1.54, 1.807) is 4.90 Å². The van der Waals surface area contributed by atoms with Crippen molar-refractivity contribution in [2.24, 2.45) is 5.41 Å². The Morgan fingerprint density at radius 3 is 2.38 bits per heavy atom. The molecule has 0 aromatic heterocycles. The van der Waals surface area contributed by atoms with Gasteiger partial charge in [0.05, 0.1) is 11.0 Å². The highest BCUT2D eigenvalue weighted by atomic mass is 19.4. The zero-order valence-corrected chi connectivity index (χ0v) is 14.4. The lowest BCUT2D eigenvalue weighted by molar-refractivity contribution is -0.161. The number of halogens is 3. The van der Waals surface area contributed by atoms with Crippen LogP contribution in [0, 0.1) is 5.41 Å². The maximum Gasteiger partial charge on any atom is 0.416 e. The summed E-state index contributed by atoms with van der Waals surface area (Å²) in [5, 5.41) is 9.75. The van der Waals surface area contributed by atoms with Crippen molar-refractivity contribution in [3.63, 3.8) is 0 Å². The van der Waals surface area contributed by atoms with Crippen LogP contribution in [0.2, 0.25) is 0 Å². The molecule has 142 valence electrons. The molecule has 8 heteroatoms. The Morgan fingerprint density at radius 2 is 1.81 bits per heavy atom. The molecular weight excluding hydrogens is 349 g/mol. The number of fused-ring (bicyclic) bond motifs is 1. The third-order valence-electron chi connectivity index (χ3n) is 5.70. The number of amides is 1. The molecule has 0 aliphatic carbocycles. The largest absolute Gasteiger partial charge is 0.481 e. The fraction of sp³-hybridized carbons (Fsp3) is 0.556. The van der Waals surface area contributed by atoms with E-state index in [1.807, 2.05) is 11.9 Å². The van der Waals surface area contributed by atoms with E-state index >= 15 is 0 Å². The molecule has 3 rings (SSSR count). The number of piperidine rings is 2. The van der Waals surface area contributed by atoms with Crippen LogP contribution in [0.3, 0.4) is 0 Å². The Labute approximate surface area is 149 Å². The van der Waals surface area contributed by atoms with Crippen LogP contribution in [-0.2, 0) is 11.0 Å². The molecular formula is C18H21F3N2O3. The molecule has 1 aromatic rings. The molecule has 2 aliphatic rings. The SMILES string of the molecule is CN1CCC[C@]2(C(=O)O)CCN(C(=O)c3ccc(C(F)(F)F)cc3)C[C@@H]12. The first-order valence-electron chi connectivity index (χ1n) is 8.55. The Kier molecular flexibility index (Phi) is 4.72. The standard InChI is InChI=1S/C18H21F3N2O3/c1-22-9-2-7-17(16(25)26)8-10-23(11-14(17)22)15(24)12-3-5-13(6-4-12)18(19,20)21/h3-6,14H,2,7-11H2,1H3,(H,25,26)/t14-,17+/m1/s1. The smallest absolute Gasteiger partial charge is 0.416 e. The van der Waals surface area contributed by atoms with Crippen LogP contribution in [-0.4, -0.2) is 59.5 Å². The number of aliphatic carboxylic acids is 1. The number of likely N-dealkylation sites (N-methyl/N-ethyl adjacent to an activating group) is 1. The Balaban J connectivity index is 1.79. The molecule has 2 aliphatic heterocycles. The first kappa shape index (κ1) is 18.7. The summed E-state index contributed by atoms with van der Waals surface area (Å²) in [5.74, 6) is -1.20. The van der Waals surface area contributed by atoms with Crippen molar-refractivity contribution in [3.8, 4) is 0 Å². The molecule has 0 radical (unpaired) electrons. The first-order valence-corrected chi connectivity index (χ1v) is 8.55. The molecule has 1 N–H and O–H groups in total. The maximum absolute atomic E-state index is 12.7. The third kappa shape index (κ3) is 3.18. The quantitative estimate of drug-likeness (QED) is 0.870. The van der Waals surface area contributed by atoms with Gasteiger partial charge in [-0.2, -0.15) is 13.2 Å². The second-order valence-corrected chi connectivity index (χ2v) is 7.14. The zero-order valence-electron chi connectivity index (χ0n) is 14.4. The number of likely N-dealkylation sites (tertiary alicyclic amines) is 2. The molecule has 1 aromatic carbocycles. The van der Waals surface area contributed by atoms with Gasteiger partial charge in [-0.05, 0) is 57.1 Å². The summed E-state index contributed by atoms with van der Waals surface area (Å²) < 4.78 is 38.0. The number of alkyl halides is 3. The van der Waals surface area contributed by atoms with Crippen molar-refractivity contribution in [2.45, 2.75) is 31.5 Å². The van der Waals surface area contributed by atoms with Crippen LogP contribution < -0.4 is 0 Å². The van der Waals surface area contributed by atoms with Crippen LogP contribution in [0.25, 0.3) is 0 Å². The number of nitrogens with zero attached hydrogens (tertiary/aromatic N) is 2. The molecule has 0 saturated carbocycles. The van der Waals surface area contributed by atoms with Crippen molar-refractivity contribution in [3.05, 3.63) is 35.4 Å². The summed E-state index contributed by atoms with van der Waals surface area (Å²) in [6.45, 7) is 1.32. The normalized spacial score (nSPS) is 27.1. The van der Waals surface area contributed by atoms with Gasteiger partial charge in [0.1, 0.15) is 0 Å². The van der Waals surface area contributed by atoms with Crippen LogP contribution in [0.5, 0.6) is 0 Å². The van der Waals surface area contributed by atoms with Crippen molar-refractivity contribution >= 4 is 11.9 Å². The number of carbonyl (C=O) groups excluding carboxylic acids is 1. The van der Waals surface area contributed by atoms with Gasteiger partial charge in [-0.15, -0.1) is 0 Å². The van der Waals surface area contributed by atoms with E-state index in [0.717, 1.165) is 25.1 Å². The molecule has 0 spiro atoms. The molecule has 1 amide bonds. The summed E-state index contributed by atoms with van der Waals surface area (Å²) in [5.41, 5.74) is -1.48. The van der Waals surface area contributed by atoms with Crippen LogP contribution in [0.1, 0.15) is 35.2 Å². The predicted octanol–water partition coefficient (Wildman–Crippen LogP) is 2.72. The van der Waals surface area contributed by atoms with E-state index in [0.29, 0.717) is 12.8 Å². The number of hydrogen-bond acceptors (Lipinski definition) is 3. The highest BCUT2D eigenvalue weighted by Crippen LogP contribution is 2.42. The summed E-state index contributed by atoms with van der Waals surface area (Å²) >= 11 is 0. The maximum atomic E-state index is 12.7. The number of rotatable bonds is 2. The van der Waals surface area contributed by atoms with E-state index in [9.17, 15) is 27.9 Å². The lowest BCUT2D eigenvalue weighted by Crippen LogP contribution is -2.63. The van der Waals surface area contributed by atoms with E-state index in [1.165, 1.54) is 12.1 Å². The number of carboxylic acid groups (broad SMARTS) is 1. The van der Waals surface area contributed by atoms with Crippen LogP contribution >= 0.6 is 0 Å². The highest BCUT2D eigenvalue weighted by Gasteiger charge is 2.52. The third-order valence-corrected chi connectivity index (χ3v) is 5.70. The molecule has 2 atom stereocenters. The average Bonchev–Trinajstić information content (AvgIpc) is 2.60. The molecule has 2 heterocycles. The Bertz CT molecular complexity index is 705. The van der Waals surface area contributed by atoms with Gasteiger partial charge >= 0.3 is 12.1 Å². The number of benzene rings is 1. The fourth-order valence-electron chi connectivity index (χ4n) is 4.15. The molecule has 5 nitrogen and oxygen atoms in total. The zero-order chi connectivity index (χ0) is 19.1. The lowest BCUT2D eigenvalue weighted by atomic mass is 9.68. The second-order valence-electron chi connectivity index (χ2n) is 7.14. The number of carboxylic acids is 1. The van der Waals surface area contributed by atoms with Gasteiger partial charge in [0.25, 0.3) is 5.91 Å². The topological polar surface area (TPSA) is 60.9 Å². The van der Waals surface area contributed by atoms with Crippen molar-refractivity contribution in [1.29, 1.82) is 0 Å². The van der Waals surface area contributed by atoms with Crippen molar-refractivity contribution in [1.82, 2.24) is 9.80 Å². The van der Waals surface area contributed by atoms with E-state index < -0.39 is 23.1 Å². The van der Waals surface area contributed by atoms with Crippen LogP contribution in [0.15, 0.2) is 24.3 Å². The van der Waals surface area contributed by atoms with Gasteiger partial charge in [0.2, 0.25) is 0 Å². The first-order chi connectivity index (χ1) is 12.1. The number of carbonyl (C=O) groups is 2. The van der Waals surface area contributed by atoms with E-state index in [4.69, 9.17) is 0 Å². The molecule has 0 bridgehead atoms. The van der Waals surface area contributed by atoms with Crippen molar-refractivity contribution < 1.29 is 27.9 Å². The average molecular weight is 370 g/mol. The van der Waals surface area contributed by atoms with Gasteiger partial charge in [0, 0.05) is 24.7 Å². The minimum Gasteiger partial charge on any atom is -0.481 e. The predicted molar refractivity (Wildman–Crippen MR) is 87.7 cm³/mol. The van der Waals surface area contributed by atoms with Gasteiger partial charge in [0.15, 0.2) is 0 Å². The summed E-state index contributed by atoms with van der Waals surface area (Å²) in [6, 6.07) is 3.85. The van der Waals surface area contributed by atoms with Gasteiger partial charge < -0.3 is 14.9 Å².